The molecule has 1 fully saturated rings. The Bertz CT molecular complexity index is 780. The van der Waals surface area contributed by atoms with Gasteiger partial charge < -0.3 is 14.6 Å². The lowest BCUT2D eigenvalue weighted by atomic mass is 9.95. The first kappa shape index (κ1) is 18.1. The van der Waals surface area contributed by atoms with Gasteiger partial charge in [0, 0.05) is 31.5 Å². The van der Waals surface area contributed by atoms with Crippen molar-refractivity contribution in [1.82, 2.24) is 15.2 Å². The molecule has 138 valence electrons. The normalized spacial score (nSPS) is 16.3. The summed E-state index contributed by atoms with van der Waals surface area (Å²) >= 11 is 0. The van der Waals surface area contributed by atoms with Crippen molar-refractivity contribution >= 4 is 11.8 Å². The van der Waals surface area contributed by atoms with E-state index in [0.29, 0.717) is 37.6 Å². The molecule has 0 radical (unpaired) electrons. The van der Waals surface area contributed by atoms with Gasteiger partial charge in [0.05, 0.1) is 6.20 Å². The molecule has 0 aliphatic carbocycles. The van der Waals surface area contributed by atoms with Gasteiger partial charge in [-0.2, -0.15) is 0 Å². The molecule has 1 saturated heterocycles. The molecule has 6 nitrogen and oxygen atoms in total. The molecule has 0 bridgehead atoms. The van der Waals surface area contributed by atoms with Crippen molar-refractivity contribution in [3.05, 3.63) is 42.2 Å². The van der Waals surface area contributed by atoms with Crippen molar-refractivity contribution in [3.63, 3.8) is 0 Å². The second kappa shape index (κ2) is 7.68. The number of nitrogens with zero attached hydrogens (tertiary/aromatic N) is 2. The number of hydrogen-bond donors (Lipinski definition) is 1. The molecule has 1 aliphatic rings. The van der Waals surface area contributed by atoms with Gasteiger partial charge in [-0.3, -0.25) is 9.59 Å². The van der Waals surface area contributed by atoms with Gasteiger partial charge in [0.15, 0.2) is 5.76 Å². The van der Waals surface area contributed by atoms with E-state index in [1.165, 1.54) is 12.1 Å². The van der Waals surface area contributed by atoms with Gasteiger partial charge in [-0.1, -0.05) is 0 Å². The lowest BCUT2D eigenvalue weighted by Gasteiger charge is -2.30. The molecule has 26 heavy (non-hydrogen) atoms. The number of benzene rings is 1. The molecule has 1 unspecified atom stereocenters. The number of carbonyl (C=O) groups excluding carboxylic acids is 2. The van der Waals surface area contributed by atoms with Crippen LogP contribution < -0.4 is 5.32 Å². The van der Waals surface area contributed by atoms with E-state index in [-0.39, 0.29) is 29.6 Å². The molecule has 1 aliphatic heterocycles. The highest BCUT2D eigenvalue weighted by Gasteiger charge is 2.27. The maximum atomic E-state index is 13.0. The molecule has 1 N–H and O–H groups in total. The summed E-state index contributed by atoms with van der Waals surface area (Å²) in [6.45, 7) is 4.57. The highest BCUT2D eigenvalue weighted by atomic mass is 19.1. The topological polar surface area (TPSA) is 75.4 Å². The summed E-state index contributed by atoms with van der Waals surface area (Å²) < 4.78 is 18.7. The average molecular weight is 359 g/mol. The van der Waals surface area contributed by atoms with E-state index in [2.05, 4.69) is 10.3 Å². The monoisotopic (exact) mass is 359 g/mol. The van der Waals surface area contributed by atoms with E-state index >= 15 is 0 Å². The molecule has 2 aromatic rings. The van der Waals surface area contributed by atoms with Gasteiger partial charge >= 0.3 is 0 Å². The number of aromatic nitrogens is 1. The van der Waals surface area contributed by atoms with Crippen LogP contribution in [0.4, 0.5) is 4.39 Å². The molecule has 1 aromatic heterocycles. The first-order chi connectivity index (χ1) is 12.4. The van der Waals surface area contributed by atoms with Crippen molar-refractivity contribution in [2.45, 2.75) is 32.7 Å². The number of piperidine rings is 1. The predicted octanol–water partition coefficient (Wildman–Crippen LogP) is 2.92. The fraction of sp³-hybridized carbons (Fsp3) is 0.421. The van der Waals surface area contributed by atoms with Gasteiger partial charge in [-0.15, -0.1) is 0 Å². The van der Waals surface area contributed by atoms with Crippen molar-refractivity contribution in [1.29, 1.82) is 0 Å². The molecule has 2 amide bonds. The molecule has 0 saturated carbocycles. The first-order valence-corrected chi connectivity index (χ1v) is 8.71. The van der Waals surface area contributed by atoms with Crippen LogP contribution in [-0.4, -0.2) is 34.8 Å². The third-order valence-corrected chi connectivity index (χ3v) is 4.69. The Morgan fingerprint density at radius 3 is 2.54 bits per heavy atom. The third-order valence-electron chi connectivity index (χ3n) is 4.69. The fourth-order valence-corrected chi connectivity index (χ4v) is 3.08. The number of halogens is 1. The van der Waals surface area contributed by atoms with Gasteiger partial charge in [0.2, 0.25) is 17.7 Å². The summed E-state index contributed by atoms with van der Waals surface area (Å²) in [7, 11) is 0. The molecule has 1 aromatic carbocycles. The number of amides is 2. The molecule has 0 spiro atoms. The number of hydrogen-bond acceptors (Lipinski definition) is 4. The maximum Gasteiger partial charge on any atom is 0.223 e. The smallest absolute Gasteiger partial charge is 0.223 e. The third kappa shape index (κ3) is 4.09. The van der Waals surface area contributed by atoms with Crippen LogP contribution in [0.1, 0.15) is 38.6 Å². The van der Waals surface area contributed by atoms with Crippen molar-refractivity contribution in [2.75, 3.05) is 13.1 Å². The van der Waals surface area contributed by atoms with Crippen LogP contribution in [0.5, 0.6) is 0 Å². The van der Waals surface area contributed by atoms with Crippen LogP contribution in [-0.2, 0) is 9.59 Å². The largest absolute Gasteiger partial charge is 0.438 e. The Hall–Kier alpha value is -2.70. The Labute approximate surface area is 151 Å². The van der Waals surface area contributed by atoms with Crippen LogP contribution in [0, 0.1) is 11.7 Å². The van der Waals surface area contributed by atoms with Crippen LogP contribution in [0.15, 0.2) is 34.9 Å². The molecule has 7 heteroatoms. The van der Waals surface area contributed by atoms with E-state index in [0.717, 1.165) is 5.56 Å². The lowest BCUT2D eigenvalue weighted by Crippen LogP contribution is -2.42. The summed E-state index contributed by atoms with van der Waals surface area (Å²) in [5, 5.41) is 2.93. The van der Waals surface area contributed by atoms with Crippen molar-refractivity contribution < 1.29 is 18.4 Å². The van der Waals surface area contributed by atoms with Gasteiger partial charge in [-0.25, -0.2) is 9.37 Å². The Morgan fingerprint density at radius 2 is 1.92 bits per heavy atom. The zero-order valence-corrected chi connectivity index (χ0v) is 14.9. The number of carbonyl (C=O) groups is 2. The molecule has 3 rings (SSSR count). The lowest BCUT2D eigenvalue weighted by molar-refractivity contribution is -0.134. The van der Waals surface area contributed by atoms with Crippen LogP contribution in [0.3, 0.4) is 0 Å². The number of oxazole rings is 1. The van der Waals surface area contributed by atoms with Crippen LogP contribution >= 0.6 is 0 Å². The number of rotatable bonds is 4. The zero-order chi connectivity index (χ0) is 18.7. The minimum Gasteiger partial charge on any atom is -0.438 e. The number of likely N-dealkylation sites (tertiary alicyclic amines) is 1. The first-order valence-electron chi connectivity index (χ1n) is 8.71. The molecular weight excluding hydrogens is 337 g/mol. The Kier molecular flexibility index (Phi) is 5.35. The standard InChI is InChI=1S/C19H22FN3O3/c1-12(22-18(25)15-7-9-23(10-8-15)13(2)24)19-21-11-17(26-19)14-3-5-16(20)6-4-14/h3-6,11-12,15H,7-10H2,1-2H3,(H,22,25). The highest BCUT2D eigenvalue weighted by Crippen LogP contribution is 2.24. The van der Waals surface area contributed by atoms with E-state index in [9.17, 15) is 14.0 Å². The average Bonchev–Trinajstić information content (AvgIpc) is 3.12. The van der Waals surface area contributed by atoms with E-state index in [1.807, 2.05) is 6.92 Å². The van der Waals surface area contributed by atoms with Gasteiger partial charge in [0.25, 0.3) is 0 Å². The van der Waals surface area contributed by atoms with E-state index in [4.69, 9.17) is 4.42 Å². The van der Waals surface area contributed by atoms with E-state index < -0.39 is 0 Å². The Balaban J connectivity index is 1.58. The summed E-state index contributed by atoms with van der Waals surface area (Å²) in [5.41, 5.74) is 0.722. The minimum absolute atomic E-state index is 0.0466. The minimum atomic E-state index is -0.373. The second-order valence-corrected chi connectivity index (χ2v) is 6.58. The maximum absolute atomic E-state index is 13.0. The molecule has 2 heterocycles. The summed E-state index contributed by atoms with van der Waals surface area (Å²) in [5.74, 6) is 0.492. The van der Waals surface area contributed by atoms with Gasteiger partial charge in [0.1, 0.15) is 11.9 Å². The van der Waals surface area contributed by atoms with E-state index in [1.54, 1.807) is 30.2 Å². The van der Waals surface area contributed by atoms with Crippen LogP contribution in [0.25, 0.3) is 11.3 Å². The van der Waals surface area contributed by atoms with Crippen molar-refractivity contribution in [2.24, 2.45) is 5.92 Å². The summed E-state index contributed by atoms with van der Waals surface area (Å²) in [4.78, 5) is 29.8. The van der Waals surface area contributed by atoms with Gasteiger partial charge in [-0.05, 0) is 44.0 Å². The van der Waals surface area contributed by atoms with Crippen molar-refractivity contribution in [3.8, 4) is 11.3 Å². The summed E-state index contributed by atoms with van der Waals surface area (Å²) in [6, 6.07) is 5.58. The summed E-state index contributed by atoms with van der Waals surface area (Å²) in [6.07, 6.45) is 2.88. The molecule has 1 atom stereocenters. The quantitative estimate of drug-likeness (QED) is 0.911. The predicted molar refractivity (Wildman–Crippen MR) is 93.4 cm³/mol. The van der Waals surface area contributed by atoms with Crippen LogP contribution in [0.2, 0.25) is 0 Å². The SMILES string of the molecule is CC(=O)N1CCC(C(=O)NC(C)c2ncc(-c3ccc(F)cc3)o2)CC1. The fourth-order valence-electron chi connectivity index (χ4n) is 3.08. The highest BCUT2D eigenvalue weighted by molar-refractivity contribution is 5.79. The number of nitrogens with one attached hydrogen (secondary N) is 1. The second-order valence-electron chi connectivity index (χ2n) is 6.58. The Morgan fingerprint density at radius 1 is 1.27 bits per heavy atom. The zero-order valence-electron chi connectivity index (χ0n) is 14.9. The molecular formula is C19H22FN3O3.